The van der Waals surface area contributed by atoms with Gasteiger partial charge in [0.25, 0.3) is 11.5 Å². The zero-order valence-corrected chi connectivity index (χ0v) is 8.12. The smallest absolute Gasteiger partial charge is 0.278 e. The number of hydrogen-bond donors (Lipinski definition) is 2. The molecule has 0 bridgehead atoms. The van der Waals surface area contributed by atoms with Gasteiger partial charge in [0.15, 0.2) is 0 Å². The lowest BCUT2D eigenvalue weighted by Crippen LogP contribution is -2.32. The summed E-state index contributed by atoms with van der Waals surface area (Å²) >= 11 is 0. The molecule has 0 saturated carbocycles. The molecule has 7 nitrogen and oxygen atoms in total. The minimum absolute atomic E-state index is 0.368. The molecule has 0 radical (unpaired) electrons. The van der Waals surface area contributed by atoms with Crippen LogP contribution in [0.15, 0.2) is 29.1 Å². The topological polar surface area (TPSA) is 97.1 Å². The SMILES string of the molecule is O=C(Cn1nnc2ccccc2c1=O)NO. The third-order valence-corrected chi connectivity index (χ3v) is 2.05. The quantitative estimate of drug-likeness (QED) is 0.515. The number of amides is 1. The number of rotatable bonds is 2. The Morgan fingerprint density at radius 3 is 2.94 bits per heavy atom. The Bertz CT molecular complexity index is 593. The summed E-state index contributed by atoms with van der Waals surface area (Å²) in [6.07, 6.45) is 0. The molecule has 1 aromatic heterocycles. The number of nitrogens with one attached hydrogen (secondary N) is 1. The van der Waals surface area contributed by atoms with Crippen LogP contribution in [0.1, 0.15) is 0 Å². The van der Waals surface area contributed by atoms with Gasteiger partial charge in [-0.1, -0.05) is 17.3 Å². The number of benzene rings is 1. The monoisotopic (exact) mass is 220 g/mol. The van der Waals surface area contributed by atoms with E-state index in [0.29, 0.717) is 10.9 Å². The first-order chi connectivity index (χ1) is 7.72. The largest absolute Gasteiger partial charge is 0.289 e. The van der Waals surface area contributed by atoms with E-state index in [2.05, 4.69) is 10.3 Å². The van der Waals surface area contributed by atoms with Gasteiger partial charge >= 0.3 is 0 Å². The third-order valence-electron chi connectivity index (χ3n) is 2.05. The fraction of sp³-hybridized carbons (Fsp3) is 0.111. The molecule has 0 aliphatic rings. The van der Waals surface area contributed by atoms with Gasteiger partial charge in [-0.05, 0) is 12.1 Å². The molecule has 1 heterocycles. The average Bonchev–Trinajstić information content (AvgIpc) is 2.33. The summed E-state index contributed by atoms with van der Waals surface area (Å²) < 4.78 is 0.883. The van der Waals surface area contributed by atoms with E-state index in [1.54, 1.807) is 24.3 Å². The summed E-state index contributed by atoms with van der Waals surface area (Å²) in [7, 11) is 0. The van der Waals surface area contributed by atoms with E-state index in [1.165, 1.54) is 5.48 Å². The fourth-order valence-corrected chi connectivity index (χ4v) is 1.30. The molecule has 2 rings (SSSR count). The van der Waals surface area contributed by atoms with Gasteiger partial charge in [-0.3, -0.25) is 14.8 Å². The van der Waals surface area contributed by atoms with Crippen LogP contribution in [0.2, 0.25) is 0 Å². The number of nitrogens with zero attached hydrogens (tertiary/aromatic N) is 3. The van der Waals surface area contributed by atoms with Crippen molar-refractivity contribution in [2.24, 2.45) is 0 Å². The number of hydroxylamine groups is 1. The highest BCUT2D eigenvalue weighted by molar-refractivity contribution is 5.77. The summed E-state index contributed by atoms with van der Waals surface area (Å²) in [4.78, 5) is 22.7. The lowest BCUT2D eigenvalue weighted by molar-refractivity contribution is -0.130. The van der Waals surface area contributed by atoms with Gasteiger partial charge in [-0.15, -0.1) is 5.10 Å². The van der Waals surface area contributed by atoms with Crippen molar-refractivity contribution in [1.82, 2.24) is 20.5 Å². The second kappa shape index (κ2) is 4.07. The second-order valence-corrected chi connectivity index (χ2v) is 3.10. The maximum absolute atomic E-state index is 11.8. The minimum Gasteiger partial charge on any atom is -0.289 e. The summed E-state index contributed by atoms with van der Waals surface area (Å²) in [5.41, 5.74) is 1.47. The van der Waals surface area contributed by atoms with Gasteiger partial charge in [-0.25, -0.2) is 10.2 Å². The van der Waals surface area contributed by atoms with Crippen molar-refractivity contribution in [3.63, 3.8) is 0 Å². The van der Waals surface area contributed by atoms with Crippen molar-refractivity contribution in [2.45, 2.75) is 6.54 Å². The van der Waals surface area contributed by atoms with Crippen LogP contribution in [0.25, 0.3) is 10.9 Å². The lowest BCUT2D eigenvalue weighted by atomic mass is 10.2. The van der Waals surface area contributed by atoms with Gasteiger partial charge in [0.05, 0.1) is 5.39 Å². The Balaban J connectivity index is 2.53. The van der Waals surface area contributed by atoms with Crippen molar-refractivity contribution >= 4 is 16.8 Å². The van der Waals surface area contributed by atoms with E-state index in [1.807, 2.05) is 0 Å². The third kappa shape index (κ3) is 1.75. The molecule has 0 spiro atoms. The molecule has 0 unspecified atom stereocenters. The Hall–Kier alpha value is -2.28. The molecule has 0 atom stereocenters. The van der Waals surface area contributed by atoms with Crippen molar-refractivity contribution in [2.75, 3.05) is 0 Å². The number of fused-ring (bicyclic) bond motifs is 1. The molecule has 0 saturated heterocycles. The Labute approximate surface area is 89.3 Å². The maximum atomic E-state index is 11.8. The highest BCUT2D eigenvalue weighted by Gasteiger charge is 2.07. The first kappa shape index (κ1) is 10.2. The normalized spacial score (nSPS) is 10.3. The molecular formula is C9H8N4O3. The summed E-state index contributed by atoms with van der Waals surface area (Å²) in [6, 6.07) is 6.68. The van der Waals surface area contributed by atoms with Crippen LogP contribution < -0.4 is 11.0 Å². The molecule has 16 heavy (non-hydrogen) atoms. The second-order valence-electron chi connectivity index (χ2n) is 3.10. The average molecular weight is 220 g/mol. The van der Waals surface area contributed by atoms with E-state index >= 15 is 0 Å². The van der Waals surface area contributed by atoms with Crippen molar-refractivity contribution in [1.29, 1.82) is 0 Å². The van der Waals surface area contributed by atoms with Crippen LogP contribution in [0.5, 0.6) is 0 Å². The minimum atomic E-state index is -0.730. The van der Waals surface area contributed by atoms with Gasteiger partial charge in [0.2, 0.25) is 0 Å². The van der Waals surface area contributed by atoms with E-state index in [9.17, 15) is 9.59 Å². The molecule has 7 heteroatoms. The van der Waals surface area contributed by atoms with Crippen molar-refractivity contribution in [3.05, 3.63) is 34.6 Å². The van der Waals surface area contributed by atoms with E-state index in [-0.39, 0.29) is 6.54 Å². The van der Waals surface area contributed by atoms with Crippen molar-refractivity contribution < 1.29 is 10.0 Å². The Morgan fingerprint density at radius 1 is 1.44 bits per heavy atom. The summed E-state index contributed by atoms with van der Waals surface area (Å²) in [6.45, 7) is -0.368. The van der Waals surface area contributed by atoms with E-state index < -0.39 is 11.5 Å². The van der Waals surface area contributed by atoms with Crippen LogP contribution in [0.4, 0.5) is 0 Å². The van der Waals surface area contributed by atoms with Crippen LogP contribution in [-0.4, -0.2) is 26.1 Å². The number of carbonyl (C=O) groups is 1. The maximum Gasteiger partial charge on any atom is 0.278 e. The number of carbonyl (C=O) groups excluding carboxylic acids is 1. The molecule has 1 amide bonds. The number of aromatic nitrogens is 3. The van der Waals surface area contributed by atoms with E-state index in [4.69, 9.17) is 5.21 Å². The zero-order valence-electron chi connectivity index (χ0n) is 8.12. The first-order valence-electron chi connectivity index (χ1n) is 4.48. The molecule has 1 aromatic carbocycles. The predicted octanol–water partition coefficient (Wildman–Crippen LogP) is -0.703. The van der Waals surface area contributed by atoms with Gasteiger partial charge < -0.3 is 0 Å². The summed E-state index contributed by atoms with van der Waals surface area (Å²) in [5, 5.41) is 16.1. The summed E-state index contributed by atoms with van der Waals surface area (Å²) in [5.74, 6) is -0.730. The van der Waals surface area contributed by atoms with Gasteiger partial charge in [-0.2, -0.15) is 0 Å². The standard InChI is InChI=1S/C9H8N4O3/c14-8(11-16)5-13-9(15)6-3-1-2-4-7(6)10-12-13/h1-4,16H,5H2,(H,11,14). The van der Waals surface area contributed by atoms with Crippen LogP contribution >= 0.6 is 0 Å². The van der Waals surface area contributed by atoms with E-state index in [0.717, 1.165) is 4.68 Å². The van der Waals surface area contributed by atoms with Crippen LogP contribution in [0, 0.1) is 0 Å². The highest BCUT2D eigenvalue weighted by atomic mass is 16.5. The fourth-order valence-electron chi connectivity index (χ4n) is 1.30. The van der Waals surface area contributed by atoms with Gasteiger partial charge in [0.1, 0.15) is 12.1 Å². The lowest BCUT2D eigenvalue weighted by Gasteiger charge is -2.02. The molecule has 0 aliphatic heterocycles. The molecule has 2 aromatic rings. The number of hydrogen-bond acceptors (Lipinski definition) is 5. The molecule has 2 N–H and O–H groups in total. The van der Waals surface area contributed by atoms with Gasteiger partial charge in [0, 0.05) is 0 Å². The van der Waals surface area contributed by atoms with Crippen molar-refractivity contribution in [3.8, 4) is 0 Å². The molecular weight excluding hydrogens is 212 g/mol. The zero-order chi connectivity index (χ0) is 11.5. The predicted molar refractivity (Wildman–Crippen MR) is 53.7 cm³/mol. The first-order valence-corrected chi connectivity index (χ1v) is 4.48. The highest BCUT2D eigenvalue weighted by Crippen LogP contribution is 2.02. The molecule has 0 aliphatic carbocycles. The molecule has 0 fully saturated rings. The van der Waals surface area contributed by atoms with Crippen LogP contribution in [0.3, 0.4) is 0 Å². The van der Waals surface area contributed by atoms with Crippen LogP contribution in [-0.2, 0) is 11.3 Å². The Morgan fingerprint density at radius 2 is 2.19 bits per heavy atom. The molecule has 82 valence electrons. The Kier molecular flexibility index (Phi) is 2.61.